The lowest BCUT2D eigenvalue weighted by atomic mass is 10.4. The van der Waals surface area contributed by atoms with Crippen LogP contribution in [0.4, 0.5) is 5.69 Å². The average Bonchev–Trinajstić information content (AvgIpc) is 2.22. The average molecular weight is 272 g/mol. The third-order valence-electron chi connectivity index (χ3n) is 1.61. The monoisotopic (exact) mass is 270 g/mol. The molecular weight excluding hydrogens is 262 g/mol. The van der Waals surface area contributed by atoms with Crippen molar-refractivity contribution in [2.24, 2.45) is 0 Å². The van der Waals surface area contributed by atoms with Gasteiger partial charge in [-0.25, -0.2) is 0 Å². The number of aliphatic hydroxyl groups is 1. The summed E-state index contributed by atoms with van der Waals surface area (Å²) in [5.41, 5.74) is 5.68. The number of nitrogen functional groups attached to an aromatic ring is 1. The molecule has 1 aromatic rings. The molecule has 1 rings (SSSR count). The van der Waals surface area contributed by atoms with E-state index in [1.807, 2.05) is 0 Å². The molecule has 3 N–H and O–H groups in total. The summed E-state index contributed by atoms with van der Waals surface area (Å²) in [4.78, 5) is 3.81. The predicted octanol–water partition coefficient (Wildman–Crippen LogP) is 2.38. The van der Waals surface area contributed by atoms with Crippen LogP contribution in [0.1, 0.15) is 6.92 Å². The Hall–Kier alpha value is -0.420. The van der Waals surface area contributed by atoms with Gasteiger partial charge in [0.2, 0.25) is 5.88 Å². The van der Waals surface area contributed by atoms with E-state index in [1.165, 1.54) is 0 Å². The summed E-state index contributed by atoms with van der Waals surface area (Å²) in [6, 6.07) is 0. The van der Waals surface area contributed by atoms with Gasteiger partial charge in [0.15, 0.2) is 5.15 Å². The highest BCUT2D eigenvalue weighted by Gasteiger charge is 2.16. The number of anilines is 1. The normalized spacial score (nSPS) is 12.6. The standard InChI is InChI=1S/C8H9Cl3N2O2/c1-3(2-14)15-8-5(10)6(12)4(9)7(11)13-8/h3,14H,2H2,1H3,(H2,12,13). The van der Waals surface area contributed by atoms with E-state index in [2.05, 4.69) is 4.98 Å². The molecule has 0 spiro atoms. The number of hydrogen-bond donors (Lipinski definition) is 2. The van der Waals surface area contributed by atoms with Crippen LogP contribution in [-0.2, 0) is 0 Å². The summed E-state index contributed by atoms with van der Waals surface area (Å²) in [7, 11) is 0. The van der Waals surface area contributed by atoms with E-state index in [9.17, 15) is 0 Å². The molecule has 0 aliphatic carbocycles. The van der Waals surface area contributed by atoms with Gasteiger partial charge in [-0.3, -0.25) is 0 Å². The van der Waals surface area contributed by atoms with Crippen molar-refractivity contribution in [2.75, 3.05) is 12.3 Å². The minimum Gasteiger partial charge on any atom is -0.471 e. The number of halogens is 3. The molecule has 1 atom stereocenters. The largest absolute Gasteiger partial charge is 0.471 e. The van der Waals surface area contributed by atoms with Crippen LogP contribution in [0.3, 0.4) is 0 Å². The fourth-order valence-corrected chi connectivity index (χ4v) is 1.36. The van der Waals surface area contributed by atoms with Crippen molar-refractivity contribution >= 4 is 40.5 Å². The van der Waals surface area contributed by atoms with Crippen LogP contribution < -0.4 is 10.5 Å². The summed E-state index contributed by atoms with van der Waals surface area (Å²) in [6.07, 6.45) is -0.452. The van der Waals surface area contributed by atoms with Gasteiger partial charge in [0.25, 0.3) is 0 Å². The molecule has 0 radical (unpaired) electrons. The number of nitrogens with zero attached hydrogens (tertiary/aromatic N) is 1. The Balaban J connectivity index is 3.09. The Morgan fingerprint density at radius 1 is 1.40 bits per heavy atom. The minimum absolute atomic E-state index is 0.0127. The van der Waals surface area contributed by atoms with E-state index in [4.69, 9.17) is 50.4 Å². The van der Waals surface area contributed by atoms with Gasteiger partial charge in [0.1, 0.15) is 16.1 Å². The SMILES string of the molecule is CC(CO)Oc1nc(Cl)c(Cl)c(N)c1Cl. The Labute approximate surface area is 102 Å². The Morgan fingerprint density at radius 3 is 2.53 bits per heavy atom. The predicted molar refractivity (Wildman–Crippen MR) is 60.9 cm³/mol. The Bertz CT molecular complexity index is 373. The highest BCUT2D eigenvalue weighted by Crippen LogP contribution is 2.38. The van der Waals surface area contributed by atoms with Gasteiger partial charge in [0.05, 0.1) is 12.3 Å². The molecule has 1 aromatic heterocycles. The molecule has 0 saturated heterocycles. The zero-order chi connectivity index (χ0) is 11.6. The molecule has 0 fully saturated rings. The summed E-state index contributed by atoms with van der Waals surface area (Å²) in [5, 5.41) is 8.98. The van der Waals surface area contributed by atoms with Gasteiger partial charge in [-0.2, -0.15) is 4.98 Å². The van der Waals surface area contributed by atoms with E-state index >= 15 is 0 Å². The van der Waals surface area contributed by atoms with Crippen molar-refractivity contribution in [3.63, 3.8) is 0 Å². The lowest BCUT2D eigenvalue weighted by Gasteiger charge is -2.14. The highest BCUT2D eigenvalue weighted by molar-refractivity contribution is 6.45. The number of aromatic nitrogens is 1. The molecule has 0 amide bonds. The minimum atomic E-state index is -0.452. The van der Waals surface area contributed by atoms with E-state index < -0.39 is 6.10 Å². The first-order valence-corrected chi connectivity index (χ1v) is 5.18. The summed E-state index contributed by atoms with van der Waals surface area (Å²) in [5.74, 6) is 0.0603. The molecule has 0 saturated carbocycles. The smallest absolute Gasteiger partial charge is 0.236 e. The molecule has 0 aliphatic heterocycles. The van der Waals surface area contributed by atoms with Crippen LogP contribution >= 0.6 is 34.8 Å². The number of aliphatic hydroxyl groups excluding tert-OH is 1. The fourth-order valence-electron chi connectivity index (χ4n) is 0.816. The molecular formula is C8H9Cl3N2O2. The maximum absolute atomic E-state index is 8.79. The quantitative estimate of drug-likeness (QED) is 0.828. The molecule has 84 valence electrons. The van der Waals surface area contributed by atoms with E-state index in [1.54, 1.807) is 6.92 Å². The number of nitrogens with two attached hydrogens (primary N) is 1. The highest BCUT2D eigenvalue weighted by atomic mass is 35.5. The molecule has 4 nitrogen and oxygen atoms in total. The summed E-state index contributed by atoms with van der Waals surface area (Å²) >= 11 is 17.2. The summed E-state index contributed by atoms with van der Waals surface area (Å²) < 4.78 is 5.19. The second-order valence-corrected chi connectivity index (χ2v) is 3.97. The first-order chi connectivity index (χ1) is 6.97. The number of ether oxygens (including phenoxy) is 1. The molecule has 1 unspecified atom stereocenters. The maximum atomic E-state index is 8.79. The van der Waals surface area contributed by atoms with Gasteiger partial charge in [-0.1, -0.05) is 34.8 Å². The van der Waals surface area contributed by atoms with Crippen LogP contribution in [-0.4, -0.2) is 22.8 Å². The van der Waals surface area contributed by atoms with Gasteiger partial charge >= 0.3 is 0 Å². The fraction of sp³-hybridized carbons (Fsp3) is 0.375. The van der Waals surface area contributed by atoms with Crippen LogP contribution in [0, 0.1) is 0 Å². The lowest BCUT2D eigenvalue weighted by Crippen LogP contribution is -2.17. The van der Waals surface area contributed by atoms with Gasteiger partial charge < -0.3 is 15.6 Å². The number of hydrogen-bond acceptors (Lipinski definition) is 4. The van der Waals surface area contributed by atoms with Gasteiger partial charge in [-0.15, -0.1) is 0 Å². The molecule has 0 aromatic carbocycles. The van der Waals surface area contributed by atoms with Crippen molar-refractivity contribution in [2.45, 2.75) is 13.0 Å². The molecule has 0 aliphatic rings. The first kappa shape index (κ1) is 12.6. The Morgan fingerprint density at radius 2 is 2.00 bits per heavy atom. The maximum Gasteiger partial charge on any atom is 0.236 e. The van der Waals surface area contributed by atoms with Crippen molar-refractivity contribution in [1.29, 1.82) is 0 Å². The van der Waals surface area contributed by atoms with E-state index in [-0.39, 0.29) is 33.4 Å². The molecule has 15 heavy (non-hydrogen) atoms. The molecule has 0 bridgehead atoms. The number of pyridine rings is 1. The zero-order valence-corrected chi connectivity index (χ0v) is 10.1. The molecule has 7 heteroatoms. The van der Waals surface area contributed by atoms with E-state index in [0.29, 0.717) is 0 Å². The topological polar surface area (TPSA) is 68.4 Å². The van der Waals surface area contributed by atoms with Crippen molar-refractivity contribution in [3.8, 4) is 5.88 Å². The van der Waals surface area contributed by atoms with Gasteiger partial charge in [-0.05, 0) is 6.92 Å². The third-order valence-corrected chi connectivity index (χ3v) is 2.73. The van der Waals surface area contributed by atoms with E-state index in [0.717, 1.165) is 0 Å². The number of rotatable bonds is 3. The van der Waals surface area contributed by atoms with Crippen molar-refractivity contribution in [1.82, 2.24) is 4.98 Å². The van der Waals surface area contributed by atoms with Crippen LogP contribution in [0.2, 0.25) is 15.2 Å². The zero-order valence-electron chi connectivity index (χ0n) is 7.80. The molecule has 1 heterocycles. The first-order valence-electron chi connectivity index (χ1n) is 4.04. The van der Waals surface area contributed by atoms with Crippen LogP contribution in [0.5, 0.6) is 5.88 Å². The van der Waals surface area contributed by atoms with Crippen LogP contribution in [0.25, 0.3) is 0 Å². The lowest BCUT2D eigenvalue weighted by molar-refractivity contribution is 0.125. The van der Waals surface area contributed by atoms with Gasteiger partial charge in [0, 0.05) is 0 Å². The van der Waals surface area contributed by atoms with Crippen LogP contribution in [0.15, 0.2) is 0 Å². The van der Waals surface area contributed by atoms with Crippen molar-refractivity contribution < 1.29 is 9.84 Å². The second-order valence-electron chi connectivity index (χ2n) is 2.86. The Kier molecular flexibility index (Phi) is 4.28. The third kappa shape index (κ3) is 2.78. The summed E-state index contributed by atoms with van der Waals surface area (Å²) in [6.45, 7) is 1.48. The second kappa shape index (κ2) is 5.07. The van der Waals surface area contributed by atoms with Crippen molar-refractivity contribution in [3.05, 3.63) is 15.2 Å².